The minimum atomic E-state index is 0.747. The number of benzene rings is 1. The third kappa shape index (κ3) is 2.09. The van der Waals surface area contributed by atoms with Crippen molar-refractivity contribution in [3.63, 3.8) is 0 Å². The zero-order chi connectivity index (χ0) is 12.5. The molecule has 2 aliphatic rings. The van der Waals surface area contributed by atoms with E-state index in [2.05, 4.69) is 30.0 Å². The number of hydrogen-bond acceptors (Lipinski definition) is 2. The quantitative estimate of drug-likeness (QED) is 0.763. The summed E-state index contributed by atoms with van der Waals surface area (Å²) in [6, 6.07) is 7.20. The van der Waals surface area contributed by atoms with Gasteiger partial charge >= 0.3 is 0 Å². The van der Waals surface area contributed by atoms with E-state index in [4.69, 9.17) is 5.73 Å². The second-order valence-electron chi connectivity index (χ2n) is 6.01. The van der Waals surface area contributed by atoms with Gasteiger partial charge in [0.15, 0.2) is 0 Å². The van der Waals surface area contributed by atoms with Gasteiger partial charge in [-0.3, -0.25) is 0 Å². The monoisotopic (exact) mass is 244 g/mol. The fourth-order valence-corrected chi connectivity index (χ4v) is 3.83. The summed E-state index contributed by atoms with van der Waals surface area (Å²) in [5.41, 5.74) is 9.75. The molecule has 1 heterocycles. The molecule has 2 fully saturated rings. The first-order chi connectivity index (χ1) is 8.75. The highest BCUT2D eigenvalue weighted by molar-refractivity contribution is 5.69. The Balaban J connectivity index is 1.91. The van der Waals surface area contributed by atoms with Gasteiger partial charge < -0.3 is 10.6 Å². The molecule has 0 spiro atoms. The van der Waals surface area contributed by atoms with Crippen LogP contribution in [0.1, 0.15) is 44.1 Å². The summed E-state index contributed by atoms with van der Waals surface area (Å²) in [4.78, 5) is 2.61. The molecule has 1 saturated carbocycles. The lowest BCUT2D eigenvalue weighted by atomic mass is 9.78. The first-order valence-electron chi connectivity index (χ1n) is 7.38. The molecule has 2 N–H and O–H groups in total. The Morgan fingerprint density at radius 1 is 1.11 bits per heavy atom. The number of fused-ring (bicyclic) bond motifs is 1. The van der Waals surface area contributed by atoms with E-state index < -0.39 is 0 Å². The summed E-state index contributed by atoms with van der Waals surface area (Å²) in [6.07, 6.45) is 8.36. The predicted molar refractivity (Wildman–Crippen MR) is 77.9 cm³/mol. The Bertz CT molecular complexity index is 425. The fourth-order valence-electron chi connectivity index (χ4n) is 3.83. The molecule has 2 nitrogen and oxygen atoms in total. The van der Waals surface area contributed by atoms with Crippen LogP contribution >= 0.6 is 0 Å². The number of aryl methyl sites for hydroxylation is 1. The molecule has 1 aromatic rings. The lowest BCUT2D eigenvalue weighted by molar-refractivity contribution is 0.244. The molecule has 0 aromatic heterocycles. The lowest BCUT2D eigenvalue weighted by Crippen LogP contribution is -2.47. The van der Waals surface area contributed by atoms with Gasteiger partial charge in [-0.15, -0.1) is 0 Å². The summed E-state index contributed by atoms with van der Waals surface area (Å²) >= 11 is 0. The highest BCUT2D eigenvalue weighted by Crippen LogP contribution is 2.39. The van der Waals surface area contributed by atoms with Crippen LogP contribution in [0.2, 0.25) is 0 Å². The molecule has 1 aliphatic heterocycles. The van der Waals surface area contributed by atoms with E-state index in [9.17, 15) is 0 Å². The van der Waals surface area contributed by atoms with Crippen LogP contribution in [-0.4, -0.2) is 12.6 Å². The minimum absolute atomic E-state index is 0.747. The average Bonchev–Trinajstić information content (AvgIpc) is 2.41. The van der Waals surface area contributed by atoms with E-state index in [1.54, 1.807) is 0 Å². The Morgan fingerprint density at radius 3 is 2.78 bits per heavy atom. The molecule has 0 amide bonds. The van der Waals surface area contributed by atoms with Crippen LogP contribution in [0.25, 0.3) is 0 Å². The minimum Gasteiger partial charge on any atom is -0.397 e. The molecule has 2 atom stereocenters. The Hall–Kier alpha value is -1.18. The van der Waals surface area contributed by atoms with Crippen molar-refractivity contribution in [1.82, 2.24) is 0 Å². The number of nitrogens with zero attached hydrogens (tertiary/aromatic N) is 1. The van der Waals surface area contributed by atoms with Gasteiger partial charge in [0.2, 0.25) is 0 Å². The molecule has 0 bridgehead atoms. The van der Waals surface area contributed by atoms with Crippen LogP contribution in [-0.2, 0) is 0 Å². The summed E-state index contributed by atoms with van der Waals surface area (Å²) < 4.78 is 0. The molecule has 1 aliphatic carbocycles. The van der Waals surface area contributed by atoms with Crippen molar-refractivity contribution in [2.24, 2.45) is 5.92 Å². The van der Waals surface area contributed by atoms with Gasteiger partial charge in [-0.05, 0) is 56.2 Å². The van der Waals surface area contributed by atoms with Crippen LogP contribution in [0.4, 0.5) is 11.4 Å². The smallest absolute Gasteiger partial charge is 0.0605 e. The largest absolute Gasteiger partial charge is 0.397 e. The van der Waals surface area contributed by atoms with Gasteiger partial charge in [-0.25, -0.2) is 0 Å². The van der Waals surface area contributed by atoms with Crippen LogP contribution in [0.5, 0.6) is 0 Å². The van der Waals surface area contributed by atoms with Gasteiger partial charge in [-0.2, -0.15) is 0 Å². The third-order valence-electron chi connectivity index (χ3n) is 4.74. The van der Waals surface area contributed by atoms with Crippen LogP contribution in [0.15, 0.2) is 18.2 Å². The van der Waals surface area contributed by atoms with Gasteiger partial charge in [0.05, 0.1) is 11.4 Å². The van der Waals surface area contributed by atoms with E-state index in [-0.39, 0.29) is 0 Å². The Labute approximate surface area is 110 Å². The zero-order valence-corrected chi connectivity index (χ0v) is 11.4. The number of anilines is 2. The van der Waals surface area contributed by atoms with Crippen LogP contribution in [0, 0.1) is 12.8 Å². The Morgan fingerprint density at radius 2 is 1.89 bits per heavy atom. The predicted octanol–water partition coefficient (Wildman–Crippen LogP) is 3.74. The van der Waals surface area contributed by atoms with E-state index in [0.29, 0.717) is 0 Å². The van der Waals surface area contributed by atoms with Crippen molar-refractivity contribution >= 4 is 11.4 Å². The van der Waals surface area contributed by atoms with Crippen molar-refractivity contribution < 1.29 is 0 Å². The highest BCUT2D eigenvalue weighted by atomic mass is 15.2. The van der Waals surface area contributed by atoms with Gasteiger partial charge in [-0.1, -0.05) is 18.9 Å². The van der Waals surface area contributed by atoms with Gasteiger partial charge in [0.1, 0.15) is 0 Å². The summed E-state index contributed by atoms with van der Waals surface area (Å²) in [5.74, 6) is 0.910. The fraction of sp³-hybridized carbons (Fsp3) is 0.625. The molecule has 0 radical (unpaired) electrons. The van der Waals surface area contributed by atoms with Crippen molar-refractivity contribution in [2.45, 2.75) is 51.5 Å². The van der Waals surface area contributed by atoms with Crippen molar-refractivity contribution in [2.75, 3.05) is 17.2 Å². The first-order valence-corrected chi connectivity index (χ1v) is 7.38. The Kier molecular flexibility index (Phi) is 3.19. The van der Waals surface area contributed by atoms with Crippen LogP contribution < -0.4 is 10.6 Å². The van der Waals surface area contributed by atoms with Gasteiger partial charge in [0.25, 0.3) is 0 Å². The van der Waals surface area contributed by atoms with E-state index in [1.807, 2.05) is 0 Å². The molecule has 98 valence electrons. The SMILES string of the molecule is Cc1ccc(N)c(N2CCCC3CCCCC32)c1. The number of hydrogen-bond donors (Lipinski definition) is 1. The molecular weight excluding hydrogens is 220 g/mol. The number of rotatable bonds is 1. The standard InChI is InChI=1S/C16H24N2/c1-12-8-9-14(17)16(11-12)18-10-4-6-13-5-2-3-7-15(13)18/h8-9,11,13,15H,2-7,10,17H2,1H3. The van der Waals surface area contributed by atoms with Crippen LogP contribution in [0.3, 0.4) is 0 Å². The summed E-state index contributed by atoms with van der Waals surface area (Å²) in [6.45, 7) is 3.35. The van der Waals surface area contributed by atoms with Crippen molar-refractivity contribution in [3.8, 4) is 0 Å². The van der Waals surface area contributed by atoms with Crippen molar-refractivity contribution in [1.29, 1.82) is 0 Å². The van der Waals surface area contributed by atoms with E-state index in [1.165, 1.54) is 56.3 Å². The lowest BCUT2D eigenvalue weighted by Gasteiger charge is -2.46. The molecule has 1 saturated heterocycles. The molecule has 3 rings (SSSR count). The number of nitrogen functional groups attached to an aromatic ring is 1. The second-order valence-corrected chi connectivity index (χ2v) is 6.01. The topological polar surface area (TPSA) is 29.3 Å². The summed E-state index contributed by atoms with van der Waals surface area (Å²) in [7, 11) is 0. The van der Waals surface area contributed by atoms with Gasteiger partial charge in [0, 0.05) is 12.6 Å². The summed E-state index contributed by atoms with van der Waals surface area (Å²) in [5, 5.41) is 0. The molecular formula is C16H24N2. The normalized spacial score (nSPS) is 27.9. The number of piperidine rings is 1. The maximum absolute atomic E-state index is 6.20. The average molecular weight is 244 g/mol. The zero-order valence-electron chi connectivity index (χ0n) is 11.4. The third-order valence-corrected chi connectivity index (χ3v) is 4.74. The highest BCUT2D eigenvalue weighted by Gasteiger charge is 2.33. The van der Waals surface area contributed by atoms with Crippen molar-refractivity contribution in [3.05, 3.63) is 23.8 Å². The molecule has 1 aromatic carbocycles. The maximum Gasteiger partial charge on any atom is 0.0605 e. The van der Waals surface area contributed by atoms with E-state index in [0.717, 1.165) is 17.6 Å². The molecule has 18 heavy (non-hydrogen) atoms. The maximum atomic E-state index is 6.20. The van der Waals surface area contributed by atoms with E-state index >= 15 is 0 Å². The second kappa shape index (κ2) is 4.83. The molecule has 2 unspecified atom stereocenters. The first kappa shape index (κ1) is 11.9. The number of nitrogens with two attached hydrogens (primary N) is 1. The molecule has 2 heteroatoms.